The van der Waals surface area contributed by atoms with E-state index in [0.717, 1.165) is 37.8 Å². The molecule has 0 aromatic carbocycles. The number of rotatable bonds is 4. The van der Waals surface area contributed by atoms with E-state index >= 15 is 0 Å². The van der Waals surface area contributed by atoms with Crippen LogP contribution in [-0.2, 0) is 13.6 Å². The predicted octanol–water partition coefficient (Wildman–Crippen LogP) is 1.24. The number of piperazine rings is 1. The quantitative estimate of drug-likeness (QED) is 0.626. The van der Waals surface area contributed by atoms with Gasteiger partial charge in [-0.3, -0.25) is 9.89 Å². The Labute approximate surface area is 148 Å². The molecule has 2 rings (SSSR count). The highest BCUT2D eigenvalue weighted by atomic mass is 35.5. The maximum absolute atomic E-state index is 6.09. The average Bonchev–Trinajstić information content (AvgIpc) is 2.78. The third-order valence-electron chi connectivity index (χ3n) is 4.36. The van der Waals surface area contributed by atoms with Crippen molar-refractivity contribution in [2.75, 3.05) is 47.3 Å². The van der Waals surface area contributed by atoms with Gasteiger partial charge in [-0.05, 0) is 20.2 Å². The fourth-order valence-corrected chi connectivity index (χ4v) is 3.11. The van der Waals surface area contributed by atoms with Crippen molar-refractivity contribution in [3.05, 3.63) is 21.9 Å². The molecular formula is C15H26Cl2N6. The average molecular weight is 361 g/mol. The monoisotopic (exact) mass is 360 g/mol. The largest absolute Gasteiger partial charge is 0.355 e. The summed E-state index contributed by atoms with van der Waals surface area (Å²) in [7, 11) is 8.00. The van der Waals surface area contributed by atoms with Gasteiger partial charge in [0, 0.05) is 52.0 Å². The van der Waals surface area contributed by atoms with Crippen LogP contribution in [0.25, 0.3) is 0 Å². The first kappa shape index (κ1) is 18.4. The molecule has 6 nitrogen and oxygen atoms in total. The third-order valence-corrected chi connectivity index (χ3v) is 5.20. The van der Waals surface area contributed by atoms with Crippen LogP contribution >= 0.6 is 23.2 Å². The Morgan fingerprint density at radius 2 is 2.00 bits per heavy atom. The van der Waals surface area contributed by atoms with Crippen LogP contribution in [0.15, 0.2) is 11.1 Å². The zero-order valence-corrected chi connectivity index (χ0v) is 15.7. The topological polar surface area (TPSA) is 47.8 Å². The minimum Gasteiger partial charge on any atom is -0.355 e. The lowest BCUT2D eigenvalue weighted by atomic mass is 10.2. The molecule has 1 saturated heterocycles. The van der Waals surface area contributed by atoms with E-state index < -0.39 is 0 Å². The van der Waals surface area contributed by atoms with Gasteiger partial charge in [0.25, 0.3) is 0 Å². The van der Waals surface area contributed by atoms with Gasteiger partial charge in [-0.1, -0.05) is 23.2 Å². The van der Waals surface area contributed by atoms with Crippen LogP contribution in [0.2, 0.25) is 10.2 Å². The van der Waals surface area contributed by atoms with E-state index in [-0.39, 0.29) is 0 Å². The summed E-state index contributed by atoms with van der Waals surface area (Å²) in [5.41, 5.74) is 1.01. The first-order valence-electron chi connectivity index (χ1n) is 7.75. The zero-order valence-electron chi connectivity index (χ0n) is 14.2. The summed E-state index contributed by atoms with van der Waals surface area (Å²) in [6.07, 6.45) is 0. The lowest BCUT2D eigenvalue weighted by molar-refractivity contribution is 0.116. The molecule has 0 bridgehead atoms. The maximum Gasteiger partial charge on any atom is 0.191 e. The van der Waals surface area contributed by atoms with Gasteiger partial charge in [-0.15, -0.1) is 0 Å². The normalized spacial score (nSPS) is 20.8. The number of likely N-dealkylation sites (N-methyl/N-ethyl adjacent to an activating group) is 2. The first-order valence-corrected chi connectivity index (χ1v) is 8.50. The highest BCUT2D eigenvalue weighted by molar-refractivity contribution is 6.41. The van der Waals surface area contributed by atoms with Crippen LogP contribution in [0, 0.1) is 0 Å². The number of hydrogen-bond donors (Lipinski definition) is 2. The van der Waals surface area contributed by atoms with Crippen LogP contribution in [0.3, 0.4) is 0 Å². The molecule has 1 unspecified atom stereocenters. The van der Waals surface area contributed by atoms with Crippen molar-refractivity contribution in [1.29, 1.82) is 0 Å². The molecule has 23 heavy (non-hydrogen) atoms. The minimum atomic E-state index is 0.478. The summed E-state index contributed by atoms with van der Waals surface area (Å²) in [5.74, 6) is 0.778. The van der Waals surface area contributed by atoms with Gasteiger partial charge in [0.1, 0.15) is 5.15 Å². The standard InChI is InChI=1S/C15H26Cl2N6/c1-18-15(19-8-11-7-13(16)14(17)23(11)4)20-9-12-10-21(2)5-6-22(12)3/h7,12H,5-6,8-10H2,1-4H3,(H2,18,19,20). The number of nitrogens with one attached hydrogen (secondary N) is 2. The lowest BCUT2D eigenvalue weighted by Gasteiger charge is -2.37. The predicted molar refractivity (Wildman–Crippen MR) is 97.5 cm³/mol. The smallest absolute Gasteiger partial charge is 0.191 e. The Morgan fingerprint density at radius 3 is 2.61 bits per heavy atom. The Kier molecular flexibility index (Phi) is 6.59. The number of nitrogens with zero attached hydrogens (tertiary/aromatic N) is 4. The van der Waals surface area contributed by atoms with Gasteiger partial charge in [-0.2, -0.15) is 0 Å². The van der Waals surface area contributed by atoms with Crippen LogP contribution in [0.4, 0.5) is 0 Å². The molecule has 2 N–H and O–H groups in total. The van der Waals surface area contributed by atoms with Crippen molar-refractivity contribution in [3.8, 4) is 0 Å². The summed E-state index contributed by atoms with van der Waals surface area (Å²) < 4.78 is 1.87. The second-order valence-corrected chi connectivity index (χ2v) is 6.80. The number of aliphatic imine (C=N–C) groups is 1. The molecule has 1 atom stereocenters. The molecule has 8 heteroatoms. The van der Waals surface area contributed by atoms with Gasteiger partial charge < -0.3 is 20.1 Å². The Balaban J connectivity index is 1.85. The Bertz CT molecular complexity index is 556. The second-order valence-electron chi connectivity index (χ2n) is 6.04. The summed E-state index contributed by atoms with van der Waals surface area (Å²) in [6, 6.07) is 2.35. The highest BCUT2D eigenvalue weighted by Crippen LogP contribution is 2.24. The molecule has 0 spiro atoms. The molecule has 1 aromatic heterocycles. The number of aromatic nitrogens is 1. The lowest BCUT2D eigenvalue weighted by Crippen LogP contribution is -2.55. The van der Waals surface area contributed by atoms with Gasteiger partial charge >= 0.3 is 0 Å². The van der Waals surface area contributed by atoms with E-state index in [1.54, 1.807) is 7.05 Å². The van der Waals surface area contributed by atoms with Crippen molar-refractivity contribution in [3.63, 3.8) is 0 Å². The Morgan fingerprint density at radius 1 is 1.26 bits per heavy atom. The molecule has 0 amide bonds. The molecule has 1 aliphatic rings. The van der Waals surface area contributed by atoms with E-state index in [1.807, 2.05) is 17.7 Å². The molecule has 1 aromatic rings. The molecule has 0 aliphatic carbocycles. The van der Waals surface area contributed by atoms with Crippen molar-refractivity contribution in [2.45, 2.75) is 12.6 Å². The molecule has 0 saturated carbocycles. The number of guanidine groups is 1. The van der Waals surface area contributed by atoms with E-state index in [0.29, 0.717) is 22.8 Å². The fraction of sp³-hybridized carbons (Fsp3) is 0.667. The van der Waals surface area contributed by atoms with Crippen LogP contribution in [-0.4, -0.2) is 73.7 Å². The van der Waals surface area contributed by atoms with Crippen molar-refractivity contribution >= 4 is 29.2 Å². The van der Waals surface area contributed by atoms with Crippen molar-refractivity contribution < 1.29 is 0 Å². The van der Waals surface area contributed by atoms with Gasteiger partial charge in [0.05, 0.1) is 11.6 Å². The summed E-state index contributed by atoms with van der Waals surface area (Å²) in [4.78, 5) is 9.02. The molecule has 1 fully saturated rings. The fourth-order valence-electron chi connectivity index (χ4n) is 2.69. The van der Waals surface area contributed by atoms with Crippen LogP contribution < -0.4 is 10.6 Å². The van der Waals surface area contributed by atoms with E-state index in [2.05, 4.69) is 39.5 Å². The van der Waals surface area contributed by atoms with Crippen LogP contribution in [0.1, 0.15) is 5.69 Å². The van der Waals surface area contributed by atoms with E-state index in [4.69, 9.17) is 23.2 Å². The second kappa shape index (κ2) is 8.24. The van der Waals surface area contributed by atoms with Gasteiger partial charge in [0.15, 0.2) is 5.96 Å². The zero-order chi connectivity index (χ0) is 17.0. The molecule has 1 aliphatic heterocycles. The third kappa shape index (κ3) is 4.76. The van der Waals surface area contributed by atoms with E-state index in [9.17, 15) is 0 Å². The molecule has 2 heterocycles. The number of hydrogen-bond acceptors (Lipinski definition) is 3. The van der Waals surface area contributed by atoms with Gasteiger partial charge in [0.2, 0.25) is 0 Å². The Hall–Kier alpha value is -0.950. The summed E-state index contributed by atoms with van der Waals surface area (Å²) in [6.45, 7) is 4.74. The highest BCUT2D eigenvalue weighted by Gasteiger charge is 2.22. The summed E-state index contributed by atoms with van der Waals surface area (Å²) >= 11 is 12.1. The van der Waals surface area contributed by atoms with Crippen molar-refractivity contribution in [1.82, 2.24) is 25.0 Å². The molecule has 0 radical (unpaired) electrons. The van der Waals surface area contributed by atoms with E-state index in [1.165, 1.54) is 0 Å². The number of halogens is 2. The molecule has 130 valence electrons. The van der Waals surface area contributed by atoms with Crippen molar-refractivity contribution in [2.24, 2.45) is 12.0 Å². The minimum absolute atomic E-state index is 0.478. The maximum atomic E-state index is 6.09. The SMILES string of the molecule is CN=C(NCc1cc(Cl)c(Cl)n1C)NCC1CN(C)CCN1C. The first-order chi connectivity index (χ1) is 10.9. The van der Waals surface area contributed by atoms with Crippen LogP contribution in [0.5, 0.6) is 0 Å². The molecular weight excluding hydrogens is 335 g/mol. The van der Waals surface area contributed by atoms with Gasteiger partial charge in [-0.25, -0.2) is 0 Å². The summed E-state index contributed by atoms with van der Waals surface area (Å²) in [5, 5.41) is 7.82.